The highest BCUT2D eigenvalue weighted by Crippen LogP contribution is 2.31. The van der Waals surface area contributed by atoms with Crippen LogP contribution in [0.4, 0.5) is 19.0 Å². The van der Waals surface area contributed by atoms with Crippen LogP contribution < -0.4 is 11.5 Å². The smallest absolute Gasteiger partial charge is 0.173 e. The molecule has 2 heterocycles. The van der Waals surface area contributed by atoms with Crippen LogP contribution in [0, 0.1) is 28.3 Å². The maximum atomic E-state index is 14.6. The minimum Gasteiger partial charge on any atom is -0.383 e. The maximum Gasteiger partial charge on any atom is 0.173 e. The normalized spacial score (nSPS) is 11.4. The summed E-state index contributed by atoms with van der Waals surface area (Å²) < 4.78 is 40.2. The van der Waals surface area contributed by atoms with Gasteiger partial charge in [-0.3, -0.25) is 5.41 Å². The van der Waals surface area contributed by atoms with E-state index in [0.29, 0.717) is 28.6 Å². The number of amidine groups is 1. The molecule has 0 atom stereocenters. The molecular weight excluding hydrogens is 469 g/mol. The van der Waals surface area contributed by atoms with Gasteiger partial charge in [0.25, 0.3) is 0 Å². The fourth-order valence-corrected chi connectivity index (χ4v) is 3.39. The molecule has 0 spiro atoms. The van der Waals surface area contributed by atoms with Crippen molar-refractivity contribution < 1.29 is 13.2 Å². The topological polar surface area (TPSA) is 143 Å². The van der Waals surface area contributed by atoms with Gasteiger partial charge >= 0.3 is 0 Å². The molecule has 0 radical (unpaired) electrons. The Hall–Kier alpha value is -4.80. The fraction of sp³-hybridized carbons (Fsp3) is 0.0800. The van der Waals surface area contributed by atoms with Gasteiger partial charge in [0.1, 0.15) is 35.1 Å². The molecule has 11 heteroatoms. The zero-order valence-electron chi connectivity index (χ0n) is 19.2. The van der Waals surface area contributed by atoms with E-state index in [0.717, 1.165) is 42.6 Å². The van der Waals surface area contributed by atoms with Gasteiger partial charge in [0.05, 0.1) is 5.52 Å². The van der Waals surface area contributed by atoms with Crippen molar-refractivity contribution in [2.24, 2.45) is 10.7 Å². The first-order valence-corrected chi connectivity index (χ1v) is 10.7. The van der Waals surface area contributed by atoms with E-state index in [4.69, 9.17) is 22.3 Å². The number of benzene rings is 2. The monoisotopic (exact) mass is 492 g/mol. The number of aliphatic imine (C=N–C) groups is 1. The summed E-state index contributed by atoms with van der Waals surface area (Å²) in [4.78, 5) is 12.2. The molecule has 0 unspecified atom stereocenters. The lowest BCUT2D eigenvalue weighted by Gasteiger charge is -2.10. The second-order valence-corrected chi connectivity index (χ2v) is 7.29. The molecule has 0 bridgehead atoms. The average Bonchev–Trinajstić information content (AvgIpc) is 3.23. The second kappa shape index (κ2) is 11.6. The van der Waals surface area contributed by atoms with Crippen molar-refractivity contribution in [2.45, 2.75) is 13.3 Å². The molecule has 0 aliphatic heterocycles. The molecule has 36 heavy (non-hydrogen) atoms. The van der Waals surface area contributed by atoms with Crippen molar-refractivity contribution in [1.82, 2.24) is 14.5 Å². The molecule has 0 aliphatic rings. The number of fused-ring (bicyclic) bond motifs is 1. The first-order valence-electron chi connectivity index (χ1n) is 10.7. The zero-order chi connectivity index (χ0) is 26.2. The van der Waals surface area contributed by atoms with Gasteiger partial charge in [-0.05, 0) is 54.1 Å². The quantitative estimate of drug-likeness (QED) is 0.227. The number of anilines is 1. The molecule has 6 N–H and O–H groups in total. The number of imidazole rings is 1. The highest BCUT2D eigenvalue weighted by Gasteiger charge is 2.18. The first-order chi connectivity index (χ1) is 17.3. The van der Waals surface area contributed by atoms with Crippen molar-refractivity contribution in [3.63, 3.8) is 0 Å². The lowest BCUT2D eigenvalue weighted by Crippen LogP contribution is -2.14. The molecule has 0 saturated heterocycles. The highest BCUT2D eigenvalue weighted by molar-refractivity contribution is 6.11. The van der Waals surface area contributed by atoms with Crippen molar-refractivity contribution in [1.29, 1.82) is 10.8 Å². The predicted molar refractivity (Wildman–Crippen MR) is 137 cm³/mol. The summed E-state index contributed by atoms with van der Waals surface area (Å²) in [5.41, 5.74) is 14.2. The van der Waals surface area contributed by atoms with Crippen molar-refractivity contribution in [2.75, 3.05) is 5.73 Å². The Kier molecular flexibility index (Phi) is 8.29. The highest BCUT2D eigenvalue weighted by atomic mass is 19.1. The van der Waals surface area contributed by atoms with Crippen LogP contribution in [-0.2, 0) is 6.42 Å². The molecule has 0 saturated carbocycles. The Balaban J connectivity index is 0.000000383. The lowest BCUT2D eigenvalue weighted by molar-refractivity contribution is 0.600. The number of pyridine rings is 1. The van der Waals surface area contributed by atoms with Crippen LogP contribution in [0.3, 0.4) is 0 Å². The number of nitrogen functional groups attached to an aromatic ring is 1. The molecule has 0 fully saturated rings. The van der Waals surface area contributed by atoms with Gasteiger partial charge in [-0.1, -0.05) is 6.92 Å². The minimum atomic E-state index is -0.632. The van der Waals surface area contributed by atoms with Crippen LogP contribution in [0.15, 0.2) is 59.7 Å². The summed E-state index contributed by atoms with van der Waals surface area (Å²) in [5.74, 6) is -0.826. The third kappa shape index (κ3) is 5.63. The zero-order valence-corrected chi connectivity index (χ0v) is 19.2. The Morgan fingerprint density at radius 2 is 1.75 bits per heavy atom. The van der Waals surface area contributed by atoms with Crippen LogP contribution in [0.5, 0.6) is 0 Å². The Morgan fingerprint density at radius 3 is 2.33 bits per heavy atom. The van der Waals surface area contributed by atoms with Crippen LogP contribution in [0.1, 0.15) is 18.3 Å². The van der Waals surface area contributed by atoms with Gasteiger partial charge in [0.15, 0.2) is 11.6 Å². The van der Waals surface area contributed by atoms with E-state index in [1.54, 1.807) is 24.4 Å². The predicted octanol–water partition coefficient (Wildman–Crippen LogP) is 4.78. The standard InChI is InChI=1S/C19H19FN8.C6H4F2/c1-2-15-27-17-13(18(23)26-10-22)8-11(9-14(17)28(15)7-3-5-21)12-4-6-25-19(24)16(12)20;7-5-1-2-6(8)4-3-5/h3-10,21H,2H2,1H3,(H2,24,25)(H3,22,23,26);1-4H/b7-3+,21-5?;. The van der Waals surface area contributed by atoms with E-state index in [1.807, 2.05) is 11.5 Å². The number of nitrogens with two attached hydrogens (primary N) is 2. The van der Waals surface area contributed by atoms with E-state index in [1.165, 1.54) is 12.3 Å². The van der Waals surface area contributed by atoms with Crippen LogP contribution in [0.25, 0.3) is 28.4 Å². The second-order valence-electron chi connectivity index (χ2n) is 7.29. The summed E-state index contributed by atoms with van der Waals surface area (Å²) >= 11 is 0. The third-order valence-electron chi connectivity index (χ3n) is 5.03. The number of allylic oxidation sites excluding steroid dienone is 1. The number of rotatable bonds is 6. The Bertz CT molecular complexity index is 1440. The summed E-state index contributed by atoms with van der Waals surface area (Å²) in [6.45, 7) is 1.95. The Labute approximate surface area is 204 Å². The van der Waals surface area contributed by atoms with Crippen molar-refractivity contribution >= 4 is 41.4 Å². The molecule has 8 nitrogen and oxygen atoms in total. The molecular formula is C25H23F3N8. The van der Waals surface area contributed by atoms with Gasteiger partial charge in [-0.25, -0.2) is 28.1 Å². The van der Waals surface area contributed by atoms with Gasteiger partial charge < -0.3 is 21.4 Å². The number of nitrogens with one attached hydrogen (secondary N) is 2. The third-order valence-corrected chi connectivity index (χ3v) is 5.03. The molecule has 2 aromatic heterocycles. The van der Waals surface area contributed by atoms with E-state index in [9.17, 15) is 13.2 Å². The minimum absolute atomic E-state index is 0.0904. The molecule has 0 amide bonds. The Morgan fingerprint density at radius 1 is 1.08 bits per heavy atom. The number of nitrogens with zero attached hydrogens (tertiary/aromatic N) is 4. The lowest BCUT2D eigenvalue weighted by atomic mass is 10.0. The molecule has 184 valence electrons. The van der Waals surface area contributed by atoms with Crippen molar-refractivity contribution in [3.05, 3.63) is 83.6 Å². The van der Waals surface area contributed by atoms with E-state index < -0.39 is 17.5 Å². The van der Waals surface area contributed by atoms with Crippen LogP contribution >= 0.6 is 0 Å². The molecule has 4 rings (SSSR count). The van der Waals surface area contributed by atoms with Gasteiger partial charge in [-0.2, -0.15) is 0 Å². The van der Waals surface area contributed by atoms with Crippen LogP contribution in [0.2, 0.25) is 0 Å². The number of halogens is 3. The van der Waals surface area contributed by atoms with Crippen LogP contribution in [-0.4, -0.2) is 32.9 Å². The summed E-state index contributed by atoms with van der Waals surface area (Å²) in [5, 5.41) is 14.5. The molecule has 0 aliphatic carbocycles. The van der Waals surface area contributed by atoms with E-state index in [-0.39, 0.29) is 17.2 Å². The summed E-state index contributed by atoms with van der Waals surface area (Å²) in [6, 6.07) is 9.28. The number of aryl methyl sites for hydroxylation is 1. The van der Waals surface area contributed by atoms with E-state index in [2.05, 4.69) is 15.0 Å². The first kappa shape index (κ1) is 25.8. The fourth-order valence-electron chi connectivity index (χ4n) is 3.39. The van der Waals surface area contributed by atoms with Gasteiger partial charge in [0, 0.05) is 36.2 Å². The van der Waals surface area contributed by atoms with Gasteiger partial charge in [0.2, 0.25) is 0 Å². The van der Waals surface area contributed by atoms with Gasteiger partial charge in [-0.15, -0.1) is 0 Å². The summed E-state index contributed by atoms with van der Waals surface area (Å²) in [6.07, 6.45) is 7.32. The number of hydrogen-bond acceptors (Lipinski definition) is 5. The maximum absolute atomic E-state index is 14.6. The number of hydrogen-bond donors (Lipinski definition) is 4. The SMILES string of the molecule is CCc1nc2c(C(N)=NC=N)cc(-c3ccnc(N)c3F)cc2n1/C=C/C=N.Fc1ccc(F)cc1. The van der Waals surface area contributed by atoms with Crippen molar-refractivity contribution in [3.8, 4) is 11.1 Å². The largest absolute Gasteiger partial charge is 0.383 e. The van der Waals surface area contributed by atoms with E-state index >= 15 is 0 Å². The average molecular weight is 493 g/mol. The molecule has 4 aromatic rings. The molecule has 2 aromatic carbocycles. The number of aromatic nitrogens is 3. The summed E-state index contributed by atoms with van der Waals surface area (Å²) in [7, 11) is 0.